The minimum absolute atomic E-state index is 0.0113. The van der Waals surface area contributed by atoms with Crippen LogP contribution < -0.4 is 5.56 Å². The highest BCUT2D eigenvalue weighted by Gasteiger charge is 2.31. The molecule has 5 rings (SSSR count). The lowest BCUT2D eigenvalue weighted by molar-refractivity contribution is -0.137. The fraction of sp³-hybridized carbons (Fsp3) is 0.273. The van der Waals surface area contributed by atoms with Crippen LogP contribution in [0.5, 0.6) is 0 Å². The molecule has 2 aliphatic heterocycles. The van der Waals surface area contributed by atoms with Crippen molar-refractivity contribution in [3.63, 3.8) is 0 Å². The average molecular weight is 424 g/mol. The summed E-state index contributed by atoms with van der Waals surface area (Å²) >= 11 is 0. The molecule has 1 aliphatic carbocycles. The molecular formula is C22H18F2N4O3. The van der Waals surface area contributed by atoms with Crippen molar-refractivity contribution in [2.24, 2.45) is 0 Å². The SMILES string of the molecule is Cc1cc(-c2c(F)cc3c4nn(CC(=O)O)c(=O)c-4cn(C4CC4)c3c2F)cc(C)n1. The van der Waals surface area contributed by atoms with Gasteiger partial charge in [-0.1, -0.05) is 0 Å². The van der Waals surface area contributed by atoms with E-state index in [4.69, 9.17) is 5.11 Å². The Balaban J connectivity index is 1.88. The van der Waals surface area contributed by atoms with Gasteiger partial charge in [0, 0.05) is 29.0 Å². The van der Waals surface area contributed by atoms with E-state index in [9.17, 15) is 9.59 Å². The summed E-state index contributed by atoms with van der Waals surface area (Å²) in [5.74, 6) is -2.76. The van der Waals surface area contributed by atoms with Crippen molar-refractivity contribution in [2.75, 3.05) is 0 Å². The molecule has 1 fully saturated rings. The Hall–Kier alpha value is -3.62. The van der Waals surface area contributed by atoms with Gasteiger partial charge in [0.25, 0.3) is 5.56 Å². The standard InChI is InChI=1S/C22H18F2N4O3/c1-10-5-12(6-11(2)25-10)18-16(23)7-14-20-15(22(31)28(26-20)9-17(29)30)8-27(13-3-4-13)21(14)19(18)24/h5-8,13H,3-4,9H2,1-2H3,(H,29,30). The largest absolute Gasteiger partial charge is 0.480 e. The van der Waals surface area contributed by atoms with Crippen LogP contribution in [0.4, 0.5) is 8.78 Å². The van der Waals surface area contributed by atoms with Crippen LogP contribution >= 0.6 is 0 Å². The lowest BCUT2D eigenvalue weighted by Crippen LogP contribution is -2.21. The number of pyridine rings is 2. The summed E-state index contributed by atoms with van der Waals surface area (Å²) in [6.45, 7) is 2.88. The first kappa shape index (κ1) is 19.3. The Morgan fingerprint density at radius 3 is 2.48 bits per heavy atom. The number of nitrogens with zero attached hydrogens (tertiary/aromatic N) is 4. The van der Waals surface area contributed by atoms with Crippen molar-refractivity contribution >= 4 is 16.9 Å². The lowest BCUT2D eigenvalue weighted by atomic mass is 9.99. The van der Waals surface area contributed by atoms with Crippen LogP contribution in [0.2, 0.25) is 0 Å². The third-order valence-corrected chi connectivity index (χ3v) is 5.51. The molecule has 1 aromatic heterocycles. The topological polar surface area (TPSA) is 90.0 Å². The first-order valence-electron chi connectivity index (χ1n) is 9.85. The summed E-state index contributed by atoms with van der Waals surface area (Å²) in [5, 5.41) is 13.3. The van der Waals surface area contributed by atoms with Crippen molar-refractivity contribution in [1.29, 1.82) is 0 Å². The van der Waals surface area contributed by atoms with Crippen LogP contribution in [0.3, 0.4) is 0 Å². The summed E-state index contributed by atoms with van der Waals surface area (Å²) in [6.07, 6.45) is 3.13. The molecule has 7 nitrogen and oxygen atoms in total. The van der Waals surface area contributed by atoms with E-state index in [2.05, 4.69) is 10.1 Å². The first-order chi connectivity index (χ1) is 14.7. The van der Waals surface area contributed by atoms with Crippen molar-refractivity contribution in [2.45, 2.75) is 39.3 Å². The zero-order valence-corrected chi connectivity index (χ0v) is 16.8. The highest BCUT2D eigenvalue weighted by atomic mass is 19.1. The molecule has 1 saturated carbocycles. The molecule has 9 heteroatoms. The molecule has 0 radical (unpaired) electrons. The van der Waals surface area contributed by atoms with Gasteiger partial charge in [-0.25, -0.2) is 13.5 Å². The highest BCUT2D eigenvalue weighted by molar-refractivity contribution is 5.97. The van der Waals surface area contributed by atoms with E-state index in [1.54, 1.807) is 30.5 Å². The van der Waals surface area contributed by atoms with Gasteiger partial charge in [0.05, 0.1) is 16.6 Å². The van der Waals surface area contributed by atoms with E-state index in [1.165, 1.54) is 12.3 Å². The van der Waals surface area contributed by atoms with Crippen molar-refractivity contribution in [1.82, 2.24) is 19.3 Å². The van der Waals surface area contributed by atoms with Crippen molar-refractivity contribution in [3.8, 4) is 22.4 Å². The van der Waals surface area contributed by atoms with Gasteiger partial charge in [0.1, 0.15) is 18.1 Å². The van der Waals surface area contributed by atoms with Gasteiger partial charge in [-0.2, -0.15) is 5.10 Å². The predicted molar refractivity (Wildman–Crippen MR) is 109 cm³/mol. The summed E-state index contributed by atoms with van der Waals surface area (Å²) in [6, 6.07) is 4.41. The van der Waals surface area contributed by atoms with E-state index >= 15 is 8.78 Å². The zero-order valence-electron chi connectivity index (χ0n) is 16.8. The van der Waals surface area contributed by atoms with E-state index in [1.807, 2.05) is 0 Å². The molecule has 0 amide bonds. The number of benzene rings is 1. The molecule has 0 atom stereocenters. The van der Waals surface area contributed by atoms with Gasteiger partial charge in [-0.3, -0.25) is 14.6 Å². The fourth-order valence-electron chi connectivity index (χ4n) is 4.14. The number of halogens is 2. The molecular weight excluding hydrogens is 406 g/mol. The van der Waals surface area contributed by atoms with E-state index in [0.29, 0.717) is 17.0 Å². The maximum absolute atomic E-state index is 15.9. The Bertz CT molecular complexity index is 1400. The Kier molecular flexibility index (Phi) is 4.18. The maximum Gasteiger partial charge on any atom is 0.325 e. The van der Waals surface area contributed by atoms with E-state index in [-0.39, 0.29) is 33.8 Å². The zero-order chi connectivity index (χ0) is 22.0. The van der Waals surface area contributed by atoms with Crippen LogP contribution in [-0.4, -0.2) is 30.4 Å². The minimum atomic E-state index is -1.23. The molecule has 0 bridgehead atoms. The van der Waals surface area contributed by atoms with Crippen molar-refractivity contribution in [3.05, 3.63) is 57.8 Å². The maximum atomic E-state index is 15.9. The monoisotopic (exact) mass is 424 g/mol. The summed E-state index contributed by atoms with van der Waals surface area (Å²) < 4.78 is 33.6. The van der Waals surface area contributed by atoms with Gasteiger partial charge in [0.2, 0.25) is 0 Å². The van der Waals surface area contributed by atoms with Crippen LogP contribution in [-0.2, 0) is 11.3 Å². The highest BCUT2D eigenvalue weighted by Crippen LogP contribution is 2.43. The number of carboxylic acid groups (broad SMARTS) is 1. The number of aliphatic carboxylic acids is 1. The number of carbonyl (C=O) groups is 1. The molecule has 0 unspecified atom stereocenters. The molecule has 3 heterocycles. The molecule has 1 aromatic carbocycles. The normalized spacial score (nSPS) is 13.9. The van der Waals surface area contributed by atoms with E-state index < -0.39 is 29.7 Å². The van der Waals surface area contributed by atoms with Crippen LogP contribution in [0.1, 0.15) is 30.3 Å². The second-order valence-electron chi connectivity index (χ2n) is 7.97. The van der Waals surface area contributed by atoms with E-state index in [0.717, 1.165) is 17.5 Å². The third kappa shape index (κ3) is 3.08. The van der Waals surface area contributed by atoms with Crippen LogP contribution in [0, 0.1) is 25.5 Å². The Morgan fingerprint density at radius 2 is 1.87 bits per heavy atom. The Morgan fingerprint density at radius 1 is 1.19 bits per heavy atom. The summed E-state index contributed by atoms with van der Waals surface area (Å²) in [5.41, 5.74) is 1.28. The van der Waals surface area contributed by atoms with Crippen LogP contribution in [0.25, 0.3) is 33.3 Å². The smallest absolute Gasteiger partial charge is 0.325 e. The second-order valence-corrected chi connectivity index (χ2v) is 7.97. The molecule has 2 aromatic rings. The minimum Gasteiger partial charge on any atom is -0.480 e. The lowest BCUT2D eigenvalue weighted by Gasteiger charge is -2.17. The summed E-state index contributed by atoms with van der Waals surface area (Å²) in [4.78, 5) is 28.0. The average Bonchev–Trinajstić information content (AvgIpc) is 3.46. The number of fused-ring (bicyclic) bond motifs is 3. The second kappa shape index (κ2) is 6.69. The number of aryl methyl sites for hydroxylation is 2. The van der Waals surface area contributed by atoms with Gasteiger partial charge < -0.3 is 9.67 Å². The Labute approximate surface area is 174 Å². The van der Waals surface area contributed by atoms with Crippen LogP contribution in [0.15, 0.2) is 29.2 Å². The molecule has 0 saturated heterocycles. The first-order valence-corrected chi connectivity index (χ1v) is 9.85. The predicted octanol–water partition coefficient (Wildman–Crippen LogP) is 3.68. The van der Waals surface area contributed by atoms with Gasteiger partial charge in [-0.15, -0.1) is 0 Å². The number of aromatic nitrogens is 4. The summed E-state index contributed by atoms with van der Waals surface area (Å²) in [7, 11) is 0. The van der Waals surface area contributed by atoms with Gasteiger partial charge in [-0.05, 0) is 50.5 Å². The number of hydrogen-bond donors (Lipinski definition) is 1. The fourth-order valence-corrected chi connectivity index (χ4v) is 4.14. The number of hydrogen-bond acceptors (Lipinski definition) is 4. The number of carboxylic acids is 1. The molecule has 31 heavy (non-hydrogen) atoms. The number of rotatable bonds is 4. The molecule has 158 valence electrons. The molecule has 1 N–H and O–H groups in total. The van der Waals surface area contributed by atoms with Gasteiger partial charge in [0.15, 0.2) is 5.82 Å². The third-order valence-electron chi connectivity index (χ3n) is 5.51. The quantitative estimate of drug-likeness (QED) is 0.540. The molecule has 0 spiro atoms. The van der Waals surface area contributed by atoms with Crippen molar-refractivity contribution < 1.29 is 18.7 Å². The van der Waals surface area contributed by atoms with Gasteiger partial charge >= 0.3 is 5.97 Å². The molecule has 3 aliphatic rings.